The van der Waals surface area contributed by atoms with Gasteiger partial charge in [-0.2, -0.15) is 13.2 Å². The molecule has 85 heavy (non-hydrogen) atoms. The molecule has 5 unspecified atom stereocenters. The number of likely N-dealkylation sites (N-methyl/N-ethyl adjacent to an activating group) is 1. The van der Waals surface area contributed by atoms with Crippen LogP contribution in [-0.4, -0.2) is 76.4 Å². The molecule has 5 atom stereocenters. The van der Waals surface area contributed by atoms with Crippen LogP contribution in [0.4, 0.5) is 11.4 Å². The van der Waals surface area contributed by atoms with Gasteiger partial charge in [0.25, 0.3) is 0 Å². The minimum atomic E-state index is -6.86. The minimum Gasteiger partial charge on any atom is -0.744 e. The Kier molecular flexibility index (Phi) is 31.6. The fourth-order valence-corrected chi connectivity index (χ4v) is 16.0. The number of benzene rings is 3. The molecule has 1 fully saturated rings. The number of nitrogens with zero attached hydrogens (tertiary/aromatic N) is 3. The van der Waals surface area contributed by atoms with Crippen molar-refractivity contribution in [1.29, 1.82) is 0 Å². The minimum absolute atomic E-state index is 0. The van der Waals surface area contributed by atoms with E-state index in [-0.39, 0.29) is 141 Å². The van der Waals surface area contributed by atoms with E-state index < -0.39 is 90.7 Å². The van der Waals surface area contributed by atoms with E-state index >= 15 is 0 Å². The second-order valence-electron chi connectivity index (χ2n) is 19.2. The number of allylic oxidation sites excluding steroid dienone is 4. The zero-order valence-electron chi connectivity index (χ0n) is 47.3. The van der Waals surface area contributed by atoms with Gasteiger partial charge in [0.05, 0.1) is 41.0 Å². The number of nitrogens with one attached hydrogen (secondary N) is 2. The number of hydrogen-bond acceptors (Lipinski definition) is 28. The van der Waals surface area contributed by atoms with Crippen LogP contribution < -0.4 is 171 Å². The van der Waals surface area contributed by atoms with Crippen LogP contribution >= 0.6 is 46.2 Å². The summed E-state index contributed by atoms with van der Waals surface area (Å²) in [5.41, 5.74) is 4.74. The van der Waals surface area contributed by atoms with Crippen molar-refractivity contribution >= 4 is 90.2 Å². The molecule has 3 N–H and O–H groups in total. The van der Waals surface area contributed by atoms with Gasteiger partial charge in [-0.3, -0.25) is 10.1 Å². The van der Waals surface area contributed by atoms with E-state index in [4.69, 9.17) is 14.1 Å². The van der Waals surface area contributed by atoms with Crippen LogP contribution in [0.25, 0.3) is 16.8 Å². The summed E-state index contributed by atoms with van der Waals surface area (Å²) in [6, 6.07) is 11.9. The summed E-state index contributed by atoms with van der Waals surface area (Å²) in [6.07, 6.45) is 7.32. The zero-order valence-corrected chi connectivity index (χ0v) is 60.5. The van der Waals surface area contributed by atoms with Crippen LogP contribution in [0.15, 0.2) is 103 Å². The fourth-order valence-electron chi connectivity index (χ4n) is 9.99. The molecule has 3 aliphatic heterocycles. The molecule has 4 aromatic rings. The van der Waals surface area contributed by atoms with E-state index in [0.717, 1.165) is 69.2 Å². The van der Waals surface area contributed by atoms with Crippen molar-refractivity contribution in [3.8, 4) is 0 Å². The number of H-pyrrole nitrogens is 1. The average Bonchev–Trinajstić information content (AvgIpc) is 2.15. The third kappa shape index (κ3) is 17.1. The smallest absolute Gasteiger partial charge is 0.744 e. The molecule has 0 saturated carbocycles. The monoisotopic (exact) mass is 1340 g/mol. The fraction of sp³-hybridized carbons (Fsp3) is 0.413. The summed E-state index contributed by atoms with van der Waals surface area (Å²) in [5, 5.41) is 64.6. The van der Waals surface area contributed by atoms with Gasteiger partial charge >= 0.3 is 295 Å². The predicted octanol–water partition coefficient (Wildman–Crippen LogP) is -10.0. The molecule has 442 valence electrons. The van der Waals surface area contributed by atoms with Crippen LogP contribution in [0.3, 0.4) is 0 Å². The van der Waals surface area contributed by atoms with Gasteiger partial charge in [-0.25, -0.2) is 8.42 Å². The number of anilines is 1. The van der Waals surface area contributed by atoms with E-state index in [1.54, 1.807) is 18.2 Å². The van der Waals surface area contributed by atoms with Crippen LogP contribution in [0, 0.1) is 0 Å². The van der Waals surface area contributed by atoms with E-state index in [9.17, 15) is 67.6 Å². The number of unbranched alkanes of at least 4 members (excludes halogenated alkanes) is 3. The molecule has 4 heterocycles. The van der Waals surface area contributed by atoms with E-state index in [0.29, 0.717) is 54.7 Å². The number of hydrogen-bond donors (Lipinski definition) is 3. The molecule has 1 aromatic heterocycles. The summed E-state index contributed by atoms with van der Waals surface area (Å²) in [6.45, 7) is 3.50. The van der Waals surface area contributed by atoms with E-state index in [2.05, 4.69) is 66.9 Å². The van der Waals surface area contributed by atoms with E-state index in [1.165, 1.54) is 12.3 Å². The van der Waals surface area contributed by atoms with Crippen LogP contribution in [0.2, 0.25) is 0 Å². The Balaban J connectivity index is 0.00000473. The third-order valence-corrected chi connectivity index (χ3v) is 25.4. The molecule has 39 heteroatoms. The predicted molar refractivity (Wildman–Crippen MR) is 274 cm³/mol. The molecule has 0 radical (unpaired) electrons. The van der Waals surface area contributed by atoms with Gasteiger partial charge < -0.3 is 20.0 Å². The number of aromatic amines is 1. The van der Waals surface area contributed by atoms with Gasteiger partial charge in [-0.05, 0) is 87.0 Å². The van der Waals surface area contributed by atoms with Gasteiger partial charge in [0, 0.05) is 62.6 Å². The van der Waals surface area contributed by atoms with Crippen molar-refractivity contribution in [2.24, 2.45) is 0 Å². The molecule has 0 spiro atoms. The van der Waals surface area contributed by atoms with Gasteiger partial charge in [-0.1, -0.05) is 26.3 Å². The quantitative estimate of drug-likeness (QED) is 0.00664. The second-order valence-corrected chi connectivity index (χ2v) is 32.2. The maximum atomic E-state index is 12.8. The number of aliphatic hydroxyl groups is 1. The summed E-state index contributed by atoms with van der Waals surface area (Å²) in [5.74, 6) is 0. The summed E-state index contributed by atoms with van der Waals surface area (Å²) in [4.78, 5) is 59.3. The van der Waals surface area contributed by atoms with Crippen LogP contribution in [0.5, 0.6) is 0 Å². The Labute approximate surface area is 584 Å². The zero-order chi connectivity index (χ0) is 59.1. The molecular weight excluding hydrogens is 1290 g/mol. The topological polar surface area (TPSA) is 415 Å². The first-order valence-corrected chi connectivity index (χ1v) is 32.9. The van der Waals surface area contributed by atoms with Crippen molar-refractivity contribution in [2.75, 3.05) is 31.2 Å². The maximum absolute atomic E-state index is 12.8. The van der Waals surface area contributed by atoms with Crippen LogP contribution in [-0.2, 0) is 77.3 Å². The maximum Gasteiger partial charge on any atom is 1.00 e. The average molecular weight is 1340 g/mol. The van der Waals surface area contributed by atoms with Crippen molar-refractivity contribution in [3.05, 3.63) is 116 Å². The number of rotatable bonds is 29. The number of ether oxygens (including phenoxy) is 1. The molecule has 3 aromatic carbocycles. The number of aromatic nitrogens is 2. The summed E-state index contributed by atoms with van der Waals surface area (Å²) >= 11 is 1.27. The Bertz CT molecular complexity index is 3400. The normalized spacial score (nSPS) is 19.3. The first-order valence-electron chi connectivity index (χ1n) is 24.2. The number of hydroxylamine groups is 1. The first kappa shape index (κ1) is 78.9. The van der Waals surface area contributed by atoms with Gasteiger partial charge in [0.2, 0.25) is 5.69 Å². The third-order valence-electron chi connectivity index (χ3n) is 13.8. The Hall–Kier alpha value is -0.350. The SMILES string of the molecule is CCN1/C(=C/C=C/C2=[N+](CCCCCCON/C=C/c3cn(C4CC(O)C(COP(O[O-])(OO[O-])([P+](=O)[O-])[P+](=O)[O-])O4)c(=O)[nH]c3=O)c3ccc4c(S(=O)(=O)[O-])cc(SOO[O-])cc4c3C2(C)C)C(C)(C)c2cc(SOO[O-])ccc21.[Na+].[Na+].[Na+].[Na+]. The molecule has 3 aliphatic rings. The van der Waals surface area contributed by atoms with E-state index in [1.807, 2.05) is 57.2 Å². The van der Waals surface area contributed by atoms with Gasteiger partial charge in [0.1, 0.15) is 16.7 Å². The number of aliphatic hydroxyl groups excluding tert-OH is 1. The second kappa shape index (κ2) is 34.0. The number of fused-ring (bicyclic) bond motifs is 4. The summed E-state index contributed by atoms with van der Waals surface area (Å²) < 4.78 is 91.2. The largest absolute Gasteiger partial charge is 1.00 e. The summed E-state index contributed by atoms with van der Waals surface area (Å²) in [7, 11) is -14.2. The molecule has 29 nitrogen and oxygen atoms in total. The molecule has 0 bridgehead atoms. The van der Waals surface area contributed by atoms with Gasteiger partial charge in [-0.15, -0.1) is 0 Å². The van der Waals surface area contributed by atoms with Gasteiger partial charge in [0.15, 0.2) is 5.71 Å². The Morgan fingerprint density at radius 1 is 0.894 bits per heavy atom. The Morgan fingerprint density at radius 3 is 2.19 bits per heavy atom. The molecular formula is C46H52N5Na4O24P3S3. The first-order chi connectivity index (χ1) is 38.4. The van der Waals surface area contributed by atoms with Crippen molar-refractivity contribution in [3.63, 3.8) is 0 Å². The van der Waals surface area contributed by atoms with Crippen molar-refractivity contribution < 1.29 is 228 Å². The Morgan fingerprint density at radius 2 is 1.56 bits per heavy atom. The standard InChI is InChI=1S/C46H56N5O24P3S3.4Na/c1-6-49-34-16-14-29(79-74-70-56)23-33(34)45(2,3)39(49)12-11-13-40-46(4,5)42-32-22-30(80-75-71-57)24-38(81(63,64)65)31(32)15-17-35(42)50(40)20-9-7-8-10-21-66-47-19-18-28-26-51(44(54)48-43(28)53)41-25-36(52)37(68-41)27-67-78(72-58,73-69-55,76(59)60)77(61)62;;;;/h11-19,22-24,26,36-37,41,47,52H,6-10,20-21,25,27H2,1-5H3,(H5-,48,53,54,55,56,57,58,63,64,65);;;;/q;4*+1/p-4/b19-18+;;;;. The molecule has 0 aliphatic carbocycles. The molecule has 0 amide bonds. The van der Waals surface area contributed by atoms with Crippen molar-refractivity contribution in [1.82, 2.24) is 15.0 Å². The molecule has 1 saturated heterocycles. The molecule has 7 rings (SSSR count). The van der Waals surface area contributed by atoms with Crippen molar-refractivity contribution in [2.45, 2.75) is 111 Å². The van der Waals surface area contributed by atoms with Crippen LogP contribution in [0.1, 0.15) is 89.6 Å².